The van der Waals surface area contributed by atoms with Gasteiger partial charge in [0, 0.05) is 13.1 Å². The van der Waals surface area contributed by atoms with Crippen LogP contribution in [0.3, 0.4) is 0 Å². The molecule has 1 aliphatic rings. The van der Waals surface area contributed by atoms with E-state index in [9.17, 15) is 12.8 Å². The summed E-state index contributed by atoms with van der Waals surface area (Å²) >= 11 is 0. The van der Waals surface area contributed by atoms with Crippen LogP contribution >= 0.6 is 0 Å². The van der Waals surface area contributed by atoms with E-state index in [2.05, 4.69) is 13.8 Å². The van der Waals surface area contributed by atoms with E-state index in [1.165, 1.54) is 10.4 Å². The minimum atomic E-state index is -3.65. The van der Waals surface area contributed by atoms with E-state index in [1.807, 2.05) is 0 Å². The van der Waals surface area contributed by atoms with Gasteiger partial charge < -0.3 is 5.73 Å². The molecule has 21 heavy (non-hydrogen) atoms. The number of hydrogen-bond acceptors (Lipinski definition) is 3. The first-order valence-corrected chi connectivity index (χ1v) is 8.55. The van der Waals surface area contributed by atoms with Gasteiger partial charge >= 0.3 is 0 Å². The summed E-state index contributed by atoms with van der Waals surface area (Å²) in [6, 6.07) is 1.20. The van der Waals surface area contributed by atoms with Crippen LogP contribution in [0.2, 0.25) is 0 Å². The summed E-state index contributed by atoms with van der Waals surface area (Å²) in [6.45, 7) is 8.28. The smallest absolute Gasteiger partial charge is 0.243 e. The monoisotopic (exact) mass is 314 g/mol. The Morgan fingerprint density at radius 3 is 2.52 bits per heavy atom. The number of nitrogen functional groups attached to an aromatic ring is 1. The van der Waals surface area contributed by atoms with Crippen molar-refractivity contribution in [2.24, 2.45) is 5.41 Å². The Balaban J connectivity index is 2.53. The van der Waals surface area contributed by atoms with Crippen molar-refractivity contribution in [3.05, 3.63) is 23.0 Å². The number of anilines is 1. The molecule has 0 atom stereocenters. The minimum Gasteiger partial charge on any atom is -0.396 e. The van der Waals surface area contributed by atoms with E-state index < -0.39 is 15.8 Å². The van der Waals surface area contributed by atoms with Gasteiger partial charge in [-0.3, -0.25) is 0 Å². The Kier molecular flexibility index (Phi) is 4.06. The molecule has 0 radical (unpaired) electrons. The summed E-state index contributed by atoms with van der Waals surface area (Å²) in [5, 5.41) is 0. The van der Waals surface area contributed by atoms with E-state index in [4.69, 9.17) is 5.73 Å². The van der Waals surface area contributed by atoms with Gasteiger partial charge in [0.15, 0.2) is 0 Å². The SMILES string of the molecule is Cc1cc(F)c(N)c(C)c1S(=O)(=O)N1CCCC(C)(C)C1. The van der Waals surface area contributed by atoms with E-state index in [0.717, 1.165) is 12.8 Å². The van der Waals surface area contributed by atoms with Gasteiger partial charge in [0.2, 0.25) is 10.0 Å². The lowest BCUT2D eigenvalue weighted by molar-refractivity contribution is 0.187. The quantitative estimate of drug-likeness (QED) is 0.854. The van der Waals surface area contributed by atoms with E-state index in [1.54, 1.807) is 13.8 Å². The fraction of sp³-hybridized carbons (Fsp3) is 0.600. The lowest BCUT2D eigenvalue weighted by Crippen LogP contribution is -2.43. The Hall–Kier alpha value is -1.14. The Labute approximate surface area is 126 Å². The molecule has 2 N–H and O–H groups in total. The molecule has 1 heterocycles. The van der Waals surface area contributed by atoms with Crippen LogP contribution in [0.25, 0.3) is 0 Å². The number of rotatable bonds is 2. The van der Waals surface area contributed by atoms with Crippen LogP contribution in [-0.4, -0.2) is 25.8 Å². The first kappa shape index (κ1) is 16.2. The number of sulfonamides is 1. The third-order valence-electron chi connectivity index (χ3n) is 4.17. The Morgan fingerprint density at radius 2 is 1.95 bits per heavy atom. The number of benzene rings is 1. The van der Waals surface area contributed by atoms with Crippen LogP contribution in [0.1, 0.15) is 37.8 Å². The van der Waals surface area contributed by atoms with Crippen molar-refractivity contribution in [1.29, 1.82) is 0 Å². The highest BCUT2D eigenvalue weighted by Gasteiger charge is 2.36. The van der Waals surface area contributed by atoms with Crippen molar-refractivity contribution in [2.45, 2.75) is 45.4 Å². The lowest BCUT2D eigenvalue weighted by Gasteiger charge is -2.37. The predicted octanol–water partition coefficient (Wildman–Crippen LogP) is 2.84. The van der Waals surface area contributed by atoms with Crippen LogP contribution in [-0.2, 0) is 10.0 Å². The molecule has 1 saturated heterocycles. The van der Waals surface area contributed by atoms with Gasteiger partial charge in [0.05, 0.1) is 10.6 Å². The van der Waals surface area contributed by atoms with Crippen molar-refractivity contribution in [3.63, 3.8) is 0 Å². The predicted molar refractivity (Wildman–Crippen MR) is 82.1 cm³/mol. The molecule has 6 heteroatoms. The normalized spacial score (nSPS) is 19.7. The fourth-order valence-electron chi connectivity index (χ4n) is 3.03. The third-order valence-corrected chi connectivity index (χ3v) is 6.30. The Bertz CT molecular complexity index is 669. The van der Waals surface area contributed by atoms with Crippen LogP contribution in [0.5, 0.6) is 0 Å². The fourth-order valence-corrected chi connectivity index (χ4v) is 5.14. The number of nitrogens with two attached hydrogens (primary N) is 1. The number of aryl methyl sites for hydroxylation is 1. The van der Waals surface area contributed by atoms with Crippen LogP contribution in [0, 0.1) is 25.1 Å². The van der Waals surface area contributed by atoms with Gasteiger partial charge in [-0.05, 0) is 49.3 Å². The molecule has 0 aliphatic carbocycles. The average Bonchev–Trinajstić information content (AvgIpc) is 2.34. The summed E-state index contributed by atoms with van der Waals surface area (Å²) in [5.74, 6) is -0.567. The highest BCUT2D eigenvalue weighted by molar-refractivity contribution is 7.89. The number of hydrogen-bond donors (Lipinski definition) is 1. The summed E-state index contributed by atoms with van der Waals surface area (Å²) in [6.07, 6.45) is 1.84. The zero-order chi connectivity index (χ0) is 16.0. The molecule has 118 valence electrons. The molecule has 0 unspecified atom stereocenters. The molecule has 1 aliphatic heterocycles. The summed E-state index contributed by atoms with van der Waals surface area (Å²) in [4.78, 5) is 0.152. The average molecular weight is 314 g/mol. The molecular weight excluding hydrogens is 291 g/mol. The van der Waals surface area contributed by atoms with Crippen LogP contribution in [0.15, 0.2) is 11.0 Å². The van der Waals surface area contributed by atoms with Crippen LogP contribution < -0.4 is 5.73 Å². The molecule has 2 rings (SSSR count). The molecule has 0 saturated carbocycles. The zero-order valence-corrected chi connectivity index (χ0v) is 13.8. The van der Waals surface area contributed by atoms with Gasteiger partial charge in [-0.1, -0.05) is 13.8 Å². The largest absolute Gasteiger partial charge is 0.396 e. The maximum Gasteiger partial charge on any atom is 0.243 e. The molecule has 0 bridgehead atoms. The molecule has 1 fully saturated rings. The second-order valence-electron chi connectivity index (χ2n) is 6.65. The molecular formula is C15H23FN2O2S. The number of nitrogens with zero attached hydrogens (tertiary/aromatic N) is 1. The van der Waals surface area contributed by atoms with E-state index >= 15 is 0 Å². The number of halogens is 1. The highest BCUT2D eigenvalue weighted by Crippen LogP contribution is 2.35. The van der Waals surface area contributed by atoms with Crippen molar-refractivity contribution in [1.82, 2.24) is 4.31 Å². The Morgan fingerprint density at radius 1 is 1.33 bits per heavy atom. The van der Waals surface area contributed by atoms with Gasteiger partial charge in [-0.25, -0.2) is 12.8 Å². The van der Waals surface area contributed by atoms with Gasteiger partial charge in [0.1, 0.15) is 5.82 Å². The van der Waals surface area contributed by atoms with Crippen molar-refractivity contribution < 1.29 is 12.8 Å². The van der Waals surface area contributed by atoms with E-state index in [-0.39, 0.29) is 16.0 Å². The summed E-state index contributed by atoms with van der Waals surface area (Å²) < 4.78 is 41.0. The van der Waals surface area contributed by atoms with Crippen LogP contribution in [0.4, 0.5) is 10.1 Å². The standard InChI is InChI=1S/C15H23FN2O2S/c1-10-8-12(16)13(17)11(2)14(10)21(19,20)18-7-5-6-15(3,4)9-18/h8H,5-7,9,17H2,1-4H3. The molecule has 4 nitrogen and oxygen atoms in total. The molecule has 0 amide bonds. The van der Waals surface area contributed by atoms with E-state index in [0.29, 0.717) is 24.2 Å². The second kappa shape index (κ2) is 5.25. The highest BCUT2D eigenvalue weighted by atomic mass is 32.2. The maximum atomic E-state index is 13.6. The van der Waals surface area contributed by atoms with Gasteiger partial charge in [-0.15, -0.1) is 0 Å². The molecule has 1 aromatic rings. The lowest BCUT2D eigenvalue weighted by atomic mass is 9.85. The van der Waals surface area contributed by atoms with Crippen molar-refractivity contribution in [2.75, 3.05) is 18.8 Å². The first-order chi connectivity index (χ1) is 9.56. The molecule has 0 aromatic heterocycles. The zero-order valence-electron chi connectivity index (χ0n) is 13.0. The van der Waals surface area contributed by atoms with Gasteiger partial charge in [0.25, 0.3) is 0 Å². The first-order valence-electron chi connectivity index (χ1n) is 7.11. The third kappa shape index (κ3) is 2.92. The topological polar surface area (TPSA) is 63.4 Å². The van der Waals surface area contributed by atoms with Crippen molar-refractivity contribution in [3.8, 4) is 0 Å². The summed E-state index contributed by atoms with van der Waals surface area (Å²) in [5.41, 5.74) is 6.25. The molecule has 1 aromatic carbocycles. The number of piperidine rings is 1. The maximum absolute atomic E-state index is 13.6. The summed E-state index contributed by atoms with van der Waals surface area (Å²) in [7, 11) is -3.65. The van der Waals surface area contributed by atoms with Crippen molar-refractivity contribution >= 4 is 15.7 Å². The minimum absolute atomic E-state index is 0.0430. The second-order valence-corrected chi connectivity index (χ2v) is 8.52. The molecule has 0 spiro atoms. The van der Waals surface area contributed by atoms with Gasteiger partial charge in [-0.2, -0.15) is 4.31 Å².